The lowest BCUT2D eigenvalue weighted by Crippen LogP contribution is -1.95. The quantitative estimate of drug-likeness (QED) is 0.581. The third kappa shape index (κ3) is 2.54. The van der Waals surface area contributed by atoms with Crippen molar-refractivity contribution in [3.63, 3.8) is 0 Å². The minimum Gasteiger partial charge on any atom is -0.455 e. The molecule has 1 aromatic carbocycles. The summed E-state index contributed by atoms with van der Waals surface area (Å²) in [5, 5.41) is 4.26. The fourth-order valence-electron chi connectivity index (χ4n) is 2.47. The number of hydrogen-bond acceptors (Lipinski definition) is 4. The number of rotatable bonds is 3. The van der Waals surface area contributed by atoms with E-state index in [0.717, 1.165) is 16.6 Å². The van der Waals surface area contributed by atoms with Crippen LogP contribution < -0.4 is 10.5 Å². The number of fused-ring (bicyclic) bond motifs is 1. The second kappa shape index (κ2) is 5.66. The molecule has 0 aliphatic carbocycles. The number of ether oxygens (including phenoxy) is 1. The third-order valence-electron chi connectivity index (χ3n) is 3.67. The van der Waals surface area contributed by atoms with E-state index >= 15 is 0 Å². The molecule has 0 unspecified atom stereocenters. The molecule has 24 heavy (non-hydrogen) atoms. The van der Waals surface area contributed by atoms with Gasteiger partial charge in [-0.1, -0.05) is 6.07 Å². The summed E-state index contributed by atoms with van der Waals surface area (Å²) in [4.78, 5) is 4.13. The minimum atomic E-state index is -0.513. The van der Waals surface area contributed by atoms with Gasteiger partial charge in [0.05, 0.1) is 11.9 Å². The van der Waals surface area contributed by atoms with E-state index in [1.54, 1.807) is 29.2 Å². The average molecular weight is 320 g/mol. The van der Waals surface area contributed by atoms with Crippen molar-refractivity contribution in [3.8, 4) is 22.6 Å². The minimum absolute atomic E-state index is 0.0842. The van der Waals surface area contributed by atoms with Gasteiger partial charge in [-0.05, 0) is 30.3 Å². The van der Waals surface area contributed by atoms with Crippen LogP contribution in [0.25, 0.3) is 16.6 Å². The zero-order valence-electron chi connectivity index (χ0n) is 12.6. The van der Waals surface area contributed by atoms with Crippen LogP contribution in [0.2, 0.25) is 0 Å². The fourth-order valence-corrected chi connectivity index (χ4v) is 2.47. The first-order chi connectivity index (χ1) is 11.7. The number of benzene rings is 1. The highest BCUT2D eigenvalue weighted by atomic mass is 19.1. The average Bonchev–Trinajstić information content (AvgIpc) is 3.08. The van der Waals surface area contributed by atoms with Crippen LogP contribution >= 0.6 is 0 Å². The molecular weight excluding hydrogens is 307 g/mol. The first-order valence-corrected chi connectivity index (χ1v) is 7.31. The molecule has 4 aromatic rings. The molecule has 0 aliphatic rings. The molecule has 118 valence electrons. The normalized spacial score (nSPS) is 10.9. The van der Waals surface area contributed by atoms with Gasteiger partial charge in [0.15, 0.2) is 5.75 Å². The highest BCUT2D eigenvalue weighted by Crippen LogP contribution is 2.31. The Morgan fingerprint density at radius 3 is 2.75 bits per heavy atom. The number of halogens is 1. The van der Waals surface area contributed by atoms with Gasteiger partial charge in [0, 0.05) is 35.8 Å². The van der Waals surface area contributed by atoms with E-state index in [9.17, 15) is 4.39 Å². The van der Waals surface area contributed by atoms with Crippen molar-refractivity contribution < 1.29 is 9.13 Å². The van der Waals surface area contributed by atoms with Gasteiger partial charge in [-0.3, -0.25) is 4.98 Å². The zero-order chi connectivity index (χ0) is 16.5. The number of nitrogens with zero attached hydrogens (tertiary/aromatic N) is 3. The summed E-state index contributed by atoms with van der Waals surface area (Å²) in [6, 6.07) is 11.9. The molecule has 0 spiro atoms. The Morgan fingerprint density at radius 1 is 1.04 bits per heavy atom. The van der Waals surface area contributed by atoms with Gasteiger partial charge in [-0.2, -0.15) is 5.10 Å². The van der Waals surface area contributed by atoms with Crippen molar-refractivity contribution in [2.45, 2.75) is 0 Å². The maximum absolute atomic E-state index is 13.6. The molecule has 4 rings (SSSR count). The fraction of sp³-hybridized carbons (Fsp3) is 0. The number of aromatic nitrogens is 3. The van der Waals surface area contributed by atoms with Gasteiger partial charge in [-0.25, -0.2) is 8.91 Å². The predicted octanol–water partition coefficient (Wildman–Crippen LogP) is 3.91. The molecule has 3 aromatic heterocycles. The van der Waals surface area contributed by atoms with Gasteiger partial charge in [-0.15, -0.1) is 0 Å². The topological polar surface area (TPSA) is 65.4 Å². The van der Waals surface area contributed by atoms with E-state index in [1.165, 1.54) is 12.1 Å². The largest absolute Gasteiger partial charge is 0.455 e. The summed E-state index contributed by atoms with van der Waals surface area (Å²) in [6.07, 6.45) is 7.05. The number of hydrogen-bond donors (Lipinski definition) is 1. The molecule has 0 saturated carbocycles. The standard InChI is InChI=1S/C18H13FN4O/c19-15-9-14(3-4-16(15)20)24-18-8-13(12-2-1-6-21-10-12)11-23-17(18)5-7-22-23/h1-11H,20H2. The highest BCUT2D eigenvalue weighted by molar-refractivity contribution is 5.71. The molecule has 0 atom stereocenters. The molecule has 6 heteroatoms. The predicted molar refractivity (Wildman–Crippen MR) is 89.3 cm³/mol. The summed E-state index contributed by atoms with van der Waals surface area (Å²) >= 11 is 0. The van der Waals surface area contributed by atoms with Gasteiger partial charge in [0.2, 0.25) is 0 Å². The summed E-state index contributed by atoms with van der Waals surface area (Å²) in [6.45, 7) is 0. The molecular formula is C18H13FN4O. The molecule has 3 heterocycles. The Kier molecular flexibility index (Phi) is 3.35. The third-order valence-corrected chi connectivity index (χ3v) is 3.67. The highest BCUT2D eigenvalue weighted by Gasteiger charge is 2.10. The molecule has 0 aliphatic heterocycles. The van der Waals surface area contributed by atoms with Crippen molar-refractivity contribution in [2.24, 2.45) is 0 Å². The Hall–Kier alpha value is -3.41. The van der Waals surface area contributed by atoms with Crippen molar-refractivity contribution >= 4 is 11.2 Å². The molecule has 0 radical (unpaired) electrons. The van der Waals surface area contributed by atoms with Crippen molar-refractivity contribution in [1.82, 2.24) is 14.6 Å². The number of nitrogen functional groups attached to an aromatic ring is 1. The number of nitrogens with two attached hydrogens (primary N) is 1. The van der Waals surface area contributed by atoms with Gasteiger partial charge in [0.1, 0.15) is 17.1 Å². The molecule has 0 saturated heterocycles. The van der Waals surface area contributed by atoms with E-state index < -0.39 is 5.82 Å². The van der Waals surface area contributed by atoms with Crippen molar-refractivity contribution in [1.29, 1.82) is 0 Å². The lowest BCUT2D eigenvalue weighted by Gasteiger charge is -2.11. The van der Waals surface area contributed by atoms with Crippen LogP contribution in [-0.4, -0.2) is 14.6 Å². The van der Waals surface area contributed by atoms with Gasteiger partial charge < -0.3 is 10.5 Å². The SMILES string of the molecule is Nc1ccc(Oc2cc(-c3cccnc3)cn3nccc23)cc1F. The summed E-state index contributed by atoms with van der Waals surface area (Å²) in [7, 11) is 0. The Labute approximate surface area is 137 Å². The Morgan fingerprint density at radius 2 is 1.96 bits per heavy atom. The Bertz CT molecular complexity index is 1010. The second-order valence-electron chi connectivity index (χ2n) is 5.28. The van der Waals surface area contributed by atoms with Crippen molar-refractivity contribution in [2.75, 3.05) is 5.73 Å². The molecule has 5 nitrogen and oxygen atoms in total. The number of anilines is 1. The molecule has 2 N–H and O–H groups in total. The van der Waals surface area contributed by atoms with Crippen LogP contribution in [0, 0.1) is 5.82 Å². The van der Waals surface area contributed by atoms with E-state index in [4.69, 9.17) is 10.5 Å². The van der Waals surface area contributed by atoms with E-state index in [0.29, 0.717) is 11.5 Å². The molecule has 0 bridgehead atoms. The summed E-state index contributed by atoms with van der Waals surface area (Å²) < 4.78 is 21.2. The maximum atomic E-state index is 13.6. The Balaban J connectivity index is 1.81. The van der Waals surface area contributed by atoms with Gasteiger partial charge >= 0.3 is 0 Å². The molecule has 0 amide bonds. The smallest absolute Gasteiger partial charge is 0.153 e. The monoisotopic (exact) mass is 320 g/mol. The lowest BCUT2D eigenvalue weighted by atomic mass is 10.1. The van der Waals surface area contributed by atoms with Gasteiger partial charge in [0.25, 0.3) is 0 Å². The first-order valence-electron chi connectivity index (χ1n) is 7.31. The van der Waals surface area contributed by atoms with Crippen LogP contribution in [0.15, 0.2) is 67.3 Å². The summed E-state index contributed by atoms with van der Waals surface area (Å²) in [5.41, 5.74) is 8.19. The second-order valence-corrected chi connectivity index (χ2v) is 5.28. The van der Waals surface area contributed by atoms with Crippen LogP contribution in [0.3, 0.4) is 0 Å². The van der Waals surface area contributed by atoms with E-state index in [1.807, 2.05) is 30.5 Å². The van der Waals surface area contributed by atoms with Crippen LogP contribution in [0.1, 0.15) is 0 Å². The van der Waals surface area contributed by atoms with Crippen LogP contribution in [-0.2, 0) is 0 Å². The lowest BCUT2D eigenvalue weighted by molar-refractivity contribution is 0.480. The van der Waals surface area contributed by atoms with Crippen LogP contribution in [0.4, 0.5) is 10.1 Å². The first kappa shape index (κ1) is 14.2. The number of pyridine rings is 2. The summed E-state index contributed by atoms with van der Waals surface area (Å²) in [5.74, 6) is 0.423. The molecule has 0 fully saturated rings. The zero-order valence-corrected chi connectivity index (χ0v) is 12.6. The maximum Gasteiger partial charge on any atom is 0.153 e. The van der Waals surface area contributed by atoms with E-state index in [-0.39, 0.29) is 5.69 Å². The van der Waals surface area contributed by atoms with Crippen LogP contribution in [0.5, 0.6) is 11.5 Å². The van der Waals surface area contributed by atoms with Crippen molar-refractivity contribution in [3.05, 3.63) is 73.1 Å². The van der Waals surface area contributed by atoms with E-state index in [2.05, 4.69) is 10.1 Å².